The van der Waals surface area contributed by atoms with E-state index < -0.39 is 0 Å². The molecule has 0 amide bonds. The summed E-state index contributed by atoms with van der Waals surface area (Å²) >= 11 is 0. The summed E-state index contributed by atoms with van der Waals surface area (Å²) in [5, 5.41) is 11.7. The molecule has 1 saturated heterocycles. The first-order valence-electron chi connectivity index (χ1n) is 2.81. The van der Waals surface area contributed by atoms with E-state index >= 15 is 0 Å². The lowest BCUT2D eigenvalue weighted by molar-refractivity contribution is 0.108. The summed E-state index contributed by atoms with van der Waals surface area (Å²) < 4.78 is 0. The molecular weight excluding hydrogens is 126 g/mol. The van der Waals surface area contributed by atoms with Crippen LogP contribution in [0.1, 0.15) is 19.3 Å². The lowest BCUT2D eigenvalue weighted by atomic mass is 10.1. The zero-order valence-corrected chi connectivity index (χ0v) is 5.58. The highest BCUT2D eigenvalue weighted by atomic mass is 35.5. The summed E-state index contributed by atoms with van der Waals surface area (Å²) in [7, 11) is 0. The molecule has 1 fully saturated rings. The van der Waals surface area contributed by atoms with E-state index in [9.17, 15) is 0 Å². The number of aliphatic hydroxyl groups is 1. The Hall–Kier alpha value is 0.210. The first-order valence-corrected chi connectivity index (χ1v) is 2.81. The molecule has 1 rings (SSSR count). The maximum Gasteiger partial charge on any atom is 0.104 e. The highest BCUT2D eigenvalue weighted by molar-refractivity contribution is 5.85. The topological polar surface area (TPSA) is 32.3 Å². The SMILES string of the molecule is Cl.OC1CCCCN1. The summed E-state index contributed by atoms with van der Waals surface area (Å²) in [6.45, 7) is 0.987. The molecule has 2 nitrogen and oxygen atoms in total. The molecule has 1 aliphatic rings. The van der Waals surface area contributed by atoms with Gasteiger partial charge in [-0.2, -0.15) is 0 Å². The smallest absolute Gasteiger partial charge is 0.104 e. The standard InChI is InChI=1S/C5H11NO.ClH/c7-5-3-1-2-4-6-5;/h5-7H,1-4H2;1H. The van der Waals surface area contributed by atoms with Crippen molar-refractivity contribution >= 4 is 12.4 Å². The van der Waals surface area contributed by atoms with Gasteiger partial charge in [0.2, 0.25) is 0 Å². The van der Waals surface area contributed by atoms with Gasteiger partial charge in [-0.25, -0.2) is 0 Å². The molecule has 0 aromatic carbocycles. The van der Waals surface area contributed by atoms with Crippen LogP contribution in [0.2, 0.25) is 0 Å². The Morgan fingerprint density at radius 1 is 1.38 bits per heavy atom. The van der Waals surface area contributed by atoms with Gasteiger partial charge < -0.3 is 5.11 Å². The van der Waals surface area contributed by atoms with Gasteiger partial charge in [0, 0.05) is 0 Å². The van der Waals surface area contributed by atoms with Gasteiger partial charge in [-0.1, -0.05) is 0 Å². The molecule has 0 radical (unpaired) electrons. The van der Waals surface area contributed by atoms with Crippen molar-refractivity contribution in [1.29, 1.82) is 0 Å². The third-order valence-corrected chi connectivity index (χ3v) is 1.28. The van der Waals surface area contributed by atoms with Gasteiger partial charge in [-0.05, 0) is 25.8 Å². The molecule has 3 heteroatoms. The average Bonchev–Trinajstić information content (AvgIpc) is 1.69. The monoisotopic (exact) mass is 137 g/mol. The van der Waals surface area contributed by atoms with Crippen LogP contribution in [0, 0.1) is 0 Å². The van der Waals surface area contributed by atoms with Gasteiger partial charge >= 0.3 is 0 Å². The molecule has 1 aliphatic heterocycles. The maximum absolute atomic E-state index is 8.80. The normalized spacial score (nSPS) is 28.9. The second-order valence-corrected chi connectivity index (χ2v) is 1.97. The Morgan fingerprint density at radius 3 is 2.38 bits per heavy atom. The fourth-order valence-corrected chi connectivity index (χ4v) is 0.833. The molecule has 0 aromatic heterocycles. The molecule has 8 heavy (non-hydrogen) atoms. The van der Waals surface area contributed by atoms with E-state index in [0.717, 1.165) is 13.0 Å². The van der Waals surface area contributed by atoms with Crippen molar-refractivity contribution in [2.45, 2.75) is 25.5 Å². The summed E-state index contributed by atoms with van der Waals surface area (Å²) in [5.41, 5.74) is 0. The van der Waals surface area contributed by atoms with Gasteiger partial charge in [0.1, 0.15) is 6.23 Å². The van der Waals surface area contributed by atoms with Gasteiger partial charge in [0.25, 0.3) is 0 Å². The molecule has 0 saturated carbocycles. The zero-order chi connectivity index (χ0) is 5.11. The number of hydrogen-bond donors (Lipinski definition) is 2. The number of nitrogens with one attached hydrogen (secondary N) is 1. The molecule has 1 unspecified atom stereocenters. The first-order chi connectivity index (χ1) is 3.39. The summed E-state index contributed by atoms with van der Waals surface area (Å²) in [4.78, 5) is 0. The van der Waals surface area contributed by atoms with Gasteiger partial charge in [0.15, 0.2) is 0 Å². The van der Waals surface area contributed by atoms with Gasteiger partial charge in [0.05, 0.1) is 0 Å². The number of rotatable bonds is 0. The lowest BCUT2D eigenvalue weighted by Gasteiger charge is -2.17. The van der Waals surface area contributed by atoms with Gasteiger partial charge in [-0.3, -0.25) is 5.32 Å². The molecule has 0 bridgehead atoms. The number of hydrogen-bond acceptors (Lipinski definition) is 2. The Balaban J connectivity index is 0.000000490. The summed E-state index contributed by atoms with van der Waals surface area (Å²) in [5.74, 6) is 0. The second kappa shape index (κ2) is 4.13. The fraction of sp³-hybridized carbons (Fsp3) is 1.00. The van der Waals surface area contributed by atoms with E-state index in [0.29, 0.717) is 0 Å². The minimum absolute atomic E-state index is 0. The van der Waals surface area contributed by atoms with Crippen molar-refractivity contribution in [3.63, 3.8) is 0 Å². The largest absolute Gasteiger partial charge is 0.379 e. The summed E-state index contributed by atoms with van der Waals surface area (Å²) in [6.07, 6.45) is 3.11. The van der Waals surface area contributed by atoms with Crippen molar-refractivity contribution in [2.24, 2.45) is 0 Å². The van der Waals surface area contributed by atoms with E-state index in [1.54, 1.807) is 0 Å². The first kappa shape index (κ1) is 8.21. The Labute approximate surface area is 55.7 Å². The second-order valence-electron chi connectivity index (χ2n) is 1.97. The third kappa shape index (κ3) is 2.50. The molecule has 0 spiro atoms. The van der Waals surface area contributed by atoms with Crippen LogP contribution in [0.4, 0.5) is 0 Å². The van der Waals surface area contributed by atoms with Crippen molar-refractivity contribution in [2.75, 3.05) is 6.54 Å². The molecule has 1 heterocycles. The molecule has 0 aromatic rings. The third-order valence-electron chi connectivity index (χ3n) is 1.28. The number of aliphatic hydroxyl groups excluding tert-OH is 1. The van der Waals surface area contributed by atoms with E-state index in [4.69, 9.17) is 5.11 Å². The molecule has 2 N–H and O–H groups in total. The Morgan fingerprint density at radius 2 is 2.12 bits per heavy atom. The highest BCUT2D eigenvalue weighted by Gasteiger charge is 2.06. The quantitative estimate of drug-likeness (QED) is 0.510. The molecular formula is C5H12ClNO. The lowest BCUT2D eigenvalue weighted by Crippen LogP contribution is -2.33. The maximum atomic E-state index is 8.80. The van der Waals surface area contributed by atoms with Crippen molar-refractivity contribution in [3.05, 3.63) is 0 Å². The van der Waals surface area contributed by atoms with Crippen molar-refractivity contribution < 1.29 is 5.11 Å². The van der Waals surface area contributed by atoms with E-state index in [1.807, 2.05) is 0 Å². The Kier molecular flexibility index (Phi) is 4.23. The van der Waals surface area contributed by atoms with Gasteiger partial charge in [-0.15, -0.1) is 12.4 Å². The number of halogens is 1. The minimum Gasteiger partial charge on any atom is -0.379 e. The van der Waals surface area contributed by atoms with Crippen LogP contribution in [0.25, 0.3) is 0 Å². The van der Waals surface area contributed by atoms with Crippen LogP contribution in [0.15, 0.2) is 0 Å². The predicted molar refractivity (Wildman–Crippen MR) is 35.1 cm³/mol. The zero-order valence-electron chi connectivity index (χ0n) is 4.76. The predicted octanol–water partition coefficient (Wildman–Crippen LogP) is 0.500. The molecule has 0 aliphatic carbocycles. The minimum atomic E-state index is -0.214. The number of piperidine rings is 1. The van der Waals surface area contributed by atoms with E-state index in [-0.39, 0.29) is 18.6 Å². The average molecular weight is 138 g/mol. The van der Waals surface area contributed by atoms with Crippen LogP contribution < -0.4 is 5.32 Å². The summed E-state index contributed by atoms with van der Waals surface area (Å²) in [6, 6.07) is 0. The fourth-order valence-electron chi connectivity index (χ4n) is 0.833. The van der Waals surface area contributed by atoms with E-state index in [2.05, 4.69) is 5.32 Å². The van der Waals surface area contributed by atoms with Crippen LogP contribution in [-0.2, 0) is 0 Å². The van der Waals surface area contributed by atoms with Crippen molar-refractivity contribution in [3.8, 4) is 0 Å². The molecule has 50 valence electrons. The highest BCUT2D eigenvalue weighted by Crippen LogP contribution is 2.02. The van der Waals surface area contributed by atoms with Crippen molar-refractivity contribution in [1.82, 2.24) is 5.32 Å². The van der Waals surface area contributed by atoms with Crippen LogP contribution in [-0.4, -0.2) is 17.9 Å². The van der Waals surface area contributed by atoms with Crippen LogP contribution >= 0.6 is 12.4 Å². The van der Waals surface area contributed by atoms with E-state index in [1.165, 1.54) is 12.8 Å². The van der Waals surface area contributed by atoms with Crippen LogP contribution in [0.5, 0.6) is 0 Å². The molecule has 1 atom stereocenters. The Bertz CT molecular complexity index is 54.4. The van der Waals surface area contributed by atoms with Crippen LogP contribution in [0.3, 0.4) is 0 Å².